The third-order valence-electron chi connectivity index (χ3n) is 2.51. The van der Waals surface area contributed by atoms with Gasteiger partial charge in [-0.2, -0.15) is 0 Å². The second-order valence-corrected chi connectivity index (χ2v) is 3.65. The van der Waals surface area contributed by atoms with Crippen LogP contribution in [0.5, 0.6) is 0 Å². The van der Waals surface area contributed by atoms with Crippen molar-refractivity contribution in [2.75, 3.05) is 0 Å². The van der Waals surface area contributed by atoms with Gasteiger partial charge in [-0.25, -0.2) is 0 Å². The first kappa shape index (κ1) is 9.56. The van der Waals surface area contributed by atoms with E-state index in [1.54, 1.807) is 0 Å². The third kappa shape index (κ3) is 1.31. The summed E-state index contributed by atoms with van der Waals surface area (Å²) in [5.41, 5.74) is 3.06. The van der Waals surface area contributed by atoms with Crippen LogP contribution in [0.2, 0.25) is 5.15 Å². The van der Waals surface area contributed by atoms with Gasteiger partial charge in [-0.05, 0) is 12.0 Å². The van der Waals surface area contributed by atoms with Crippen molar-refractivity contribution in [1.82, 2.24) is 4.98 Å². The quantitative estimate of drug-likeness (QED) is 0.784. The SMILES string of the molecule is CCc1cccc2c(CO)c(Cl)[nH]c12. The lowest BCUT2D eigenvalue weighted by Crippen LogP contribution is -1.83. The highest BCUT2D eigenvalue weighted by molar-refractivity contribution is 6.31. The summed E-state index contributed by atoms with van der Waals surface area (Å²) in [5, 5.41) is 10.7. The van der Waals surface area contributed by atoms with E-state index < -0.39 is 0 Å². The highest BCUT2D eigenvalue weighted by atomic mass is 35.5. The molecule has 0 bridgehead atoms. The second-order valence-electron chi connectivity index (χ2n) is 3.27. The molecule has 2 rings (SSSR count). The van der Waals surface area contributed by atoms with E-state index in [1.165, 1.54) is 5.56 Å². The van der Waals surface area contributed by atoms with Crippen LogP contribution in [0.15, 0.2) is 18.2 Å². The van der Waals surface area contributed by atoms with Crippen molar-refractivity contribution in [1.29, 1.82) is 0 Å². The Kier molecular flexibility index (Phi) is 2.48. The monoisotopic (exact) mass is 209 g/mol. The van der Waals surface area contributed by atoms with Gasteiger partial charge < -0.3 is 10.1 Å². The molecule has 0 fully saturated rings. The summed E-state index contributed by atoms with van der Waals surface area (Å²) in [4.78, 5) is 3.10. The molecule has 74 valence electrons. The van der Waals surface area contributed by atoms with Crippen LogP contribution in [0, 0.1) is 0 Å². The predicted molar refractivity (Wildman–Crippen MR) is 58.6 cm³/mol. The van der Waals surface area contributed by atoms with Gasteiger partial charge in [0.1, 0.15) is 5.15 Å². The van der Waals surface area contributed by atoms with E-state index in [0.717, 1.165) is 22.9 Å². The number of halogens is 1. The number of fused-ring (bicyclic) bond motifs is 1. The number of benzene rings is 1. The van der Waals surface area contributed by atoms with E-state index in [0.29, 0.717) is 5.15 Å². The predicted octanol–water partition coefficient (Wildman–Crippen LogP) is 2.88. The Hall–Kier alpha value is -0.990. The van der Waals surface area contributed by atoms with Gasteiger partial charge >= 0.3 is 0 Å². The van der Waals surface area contributed by atoms with Gasteiger partial charge in [-0.3, -0.25) is 0 Å². The maximum absolute atomic E-state index is 9.16. The first-order valence-electron chi connectivity index (χ1n) is 4.66. The van der Waals surface area contributed by atoms with Crippen molar-refractivity contribution in [3.8, 4) is 0 Å². The number of hydrogen-bond donors (Lipinski definition) is 2. The van der Waals surface area contributed by atoms with Gasteiger partial charge in [-0.15, -0.1) is 0 Å². The van der Waals surface area contributed by atoms with E-state index in [-0.39, 0.29) is 6.61 Å². The lowest BCUT2D eigenvalue weighted by molar-refractivity contribution is 0.283. The smallest absolute Gasteiger partial charge is 0.112 e. The Morgan fingerprint density at radius 2 is 2.21 bits per heavy atom. The fourth-order valence-corrected chi connectivity index (χ4v) is 2.01. The average molecular weight is 210 g/mol. The molecule has 0 aliphatic carbocycles. The van der Waals surface area contributed by atoms with Crippen molar-refractivity contribution in [3.63, 3.8) is 0 Å². The number of hydrogen-bond acceptors (Lipinski definition) is 1. The molecule has 0 spiro atoms. The number of H-pyrrole nitrogens is 1. The van der Waals surface area contributed by atoms with Crippen LogP contribution < -0.4 is 0 Å². The summed E-state index contributed by atoms with van der Waals surface area (Å²) in [6.07, 6.45) is 0.957. The van der Waals surface area contributed by atoms with E-state index in [2.05, 4.69) is 18.0 Å². The number of aryl methyl sites for hydroxylation is 1. The standard InChI is InChI=1S/C11H12ClNO/c1-2-7-4-3-5-8-9(6-14)11(12)13-10(7)8/h3-5,13-14H,2,6H2,1H3. The van der Waals surface area contributed by atoms with Crippen molar-refractivity contribution in [2.45, 2.75) is 20.0 Å². The Morgan fingerprint density at radius 3 is 2.86 bits per heavy atom. The maximum atomic E-state index is 9.16. The molecule has 0 unspecified atom stereocenters. The van der Waals surface area contributed by atoms with Gasteiger partial charge in [0.2, 0.25) is 0 Å². The number of para-hydroxylation sites is 1. The molecule has 1 aromatic carbocycles. The molecule has 0 aliphatic heterocycles. The molecule has 2 N–H and O–H groups in total. The number of aliphatic hydroxyl groups is 1. The summed E-state index contributed by atoms with van der Waals surface area (Å²) in [5.74, 6) is 0. The van der Waals surface area contributed by atoms with Crippen LogP contribution in [0.3, 0.4) is 0 Å². The zero-order chi connectivity index (χ0) is 10.1. The molecule has 0 aliphatic rings. The Bertz CT molecular complexity index is 462. The minimum absolute atomic E-state index is 0.0218. The van der Waals surface area contributed by atoms with Crippen LogP contribution in [-0.2, 0) is 13.0 Å². The molecular formula is C11H12ClNO. The fourth-order valence-electron chi connectivity index (χ4n) is 1.75. The van der Waals surface area contributed by atoms with Crippen LogP contribution in [-0.4, -0.2) is 10.1 Å². The van der Waals surface area contributed by atoms with E-state index in [4.69, 9.17) is 16.7 Å². The maximum Gasteiger partial charge on any atom is 0.112 e. The number of nitrogens with one attached hydrogen (secondary N) is 1. The van der Waals surface area contributed by atoms with Crippen LogP contribution in [0.25, 0.3) is 10.9 Å². The molecule has 2 nitrogen and oxygen atoms in total. The molecule has 2 aromatic rings. The van der Waals surface area contributed by atoms with E-state index in [9.17, 15) is 0 Å². The number of aliphatic hydroxyl groups excluding tert-OH is 1. The molecule has 0 atom stereocenters. The second kappa shape index (κ2) is 3.64. The molecular weight excluding hydrogens is 198 g/mol. The van der Waals surface area contributed by atoms with E-state index >= 15 is 0 Å². The third-order valence-corrected chi connectivity index (χ3v) is 2.84. The van der Waals surface area contributed by atoms with Crippen LogP contribution >= 0.6 is 11.6 Å². The van der Waals surface area contributed by atoms with Crippen molar-refractivity contribution in [2.24, 2.45) is 0 Å². The van der Waals surface area contributed by atoms with Crippen molar-refractivity contribution in [3.05, 3.63) is 34.5 Å². The molecule has 3 heteroatoms. The first-order valence-corrected chi connectivity index (χ1v) is 5.04. The largest absolute Gasteiger partial charge is 0.392 e. The normalized spacial score (nSPS) is 11.1. The highest BCUT2D eigenvalue weighted by Gasteiger charge is 2.10. The summed E-state index contributed by atoms with van der Waals surface area (Å²) in [7, 11) is 0. The molecule has 14 heavy (non-hydrogen) atoms. The summed E-state index contributed by atoms with van der Waals surface area (Å²) < 4.78 is 0. The number of aromatic nitrogens is 1. The first-order chi connectivity index (χ1) is 6.77. The van der Waals surface area contributed by atoms with Gasteiger partial charge in [0.15, 0.2) is 0 Å². The summed E-state index contributed by atoms with van der Waals surface area (Å²) in [6, 6.07) is 6.03. The zero-order valence-corrected chi connectivity index (χ0v) is 8.73. The molecule has 1 aromatic heterocycles. The highest BCUT2D eigenvalue weighted by Crippen LogP contribution is 2.28. The molecule has 0 saturated carbocycles. The minimum Gasteiger partial charge on any atom is -0.392 e. The van der Waals surface area contributed by atoms with Gasteiger partial charge in [0.25, 0.3) is 0 Å². The molecule has 0 saturated heterocycles. The topological polar surface area (TPSA) is 36.0 Å². The Labute approximate surface area is 87.5 Å². The van der Waals surface area contributed by atoms with Crippen LogP contribution in [0.1, 0.15) is 18.1 Å². The molecule has 0 radical (unpaired) electrons. The van der Waals surface area contributed by atoms with Crippen LogP contribution in [0.4, 0.5) is 0 Å². The van der Waals surface area contributed by atoms with Gasteiger partial charge in [0, 0.05) is 10.9 Å². The average Bonchev–Trinajstić information content (AvgIpc) is 2.52. The summed E-state index contributed by atoms with van der Waals surface area (Å²) in [6.45, 7) is 2.08. The van der Waals surface area contributed by atoms with Gasteiger partial charge in [0.05, 0.1) is 12.1 Å². The van der Waals surface area contributed by atoms with Crippen molar-refractivity contribution >= 4 is 22.5 Å². The Balaban J connectivity index is 2.79. The lowest BCUT2D eigenvalue weighted by atomic mass is 10.1. The summed E-state index contributed by atoms with van der Waals surface area (Å²) >= 11 is 5.98. The minimum atomic E-state index is -0.0218. The molecule has 0 amide bonds. The Morgan fingerprint density at radius 1 is 1.43 bits per heavy atom. The number of aromatic amines is 1. The van der Waals surface area contributed by atoms with E-state index in [1.807, 2.05) is 12.1 Å². The van der Waals surface area contributed by atoms with Crippen molar-refractivity contribution < 1.29 is 5.11 Å². The fraction of sp³-hybridized carbons (Fsp3) is 0.273. The molecule has 1 heterocycles. The number of rotatable bonds is 2. The zero-order valence-electron chi connectivity index (χ0n) is 7.97. The van der Waals surface area contributed by atoms with Gasteiger partial charge in [-0.1, -0.05) is 36.7 Å². The lowest BCUT2D eigenvalue weighted by Gasteiger charge is -1.98.